The molecule has 4 N–H and O–H groups in total. The molecule has 0 amide bonds. The van der Waals surface area contributed by atoms with E-state index in [1.54, 1.807) is 18.2 Å². The standard InChI is InChI=1S/C12H12FN3O/c1-17-10-6-7(13)2-3-8(10)9-4-5-11(14)16-12(9)15/h2-6H,1H3,(H4,14,15,16). The molecule has 0 aliphatic carbocycles. The van der Waals surface area contributed by atoms with Gasteiger partial charge in [0, 0.05) is 17.2 Å². The van der Waals surface area contributed by atoms with Crippen LogP contribution in [0.5, 0.6) is 5.75 Å². The van der Waals surface area contributed by atoms with E-state index in [1.807, 2.05) is 0 Å². The molecule has 0 unspecified atom stereocenters. The van der Waals surface area contributed by atoms with E-state index in [0.29, 0.717) is 22.7 Å². The van der Waals surface area contributed by atoms with Crippen molar-refractivity contribution in [2.45, 2.75) is 0 Å². The highest BCUT2D eigenvalue weighted by Crippen LogP contribution is 2.33. The van der Waals surface area contributed by atoms with E-state index >= 15 is 0 Å². The number of ether oxygens (including phenoxy) is 1. The fourth-order valence-electron chi connectivity index (χ4n) is 1.61. The minimum Gasteiger partial charge on any atom is -0.496 e. The number of hydrogen-bond donors (Lipinski definition) is 2. The van der Waals surface area contributed by atoms with Crippen LogP contribution in [0.2, 0.25) is 0 Å². The van der Waals surface area contributed by atoms with Gasteiger partial charge in [-0.1, -0.05) is 0 Å². The Balaban J connectivity index is 2.60. The third-order valence-electron chi connectivity index (χ3n) is 2.40. The molecule has 0 aliphatic heterocycles. The Morgan fingerprint density at radius 3 is 2.47 bits per heavy atom. The lowest BCUT2D eigenvalue weighted by Gasteiger charge is -2.10. The Morgan fingerprint density at radius 2 is 1.82 bits per heavy atom. The van der Waals surface area contributed by atoms with Crippen LogP contribution < -0.4 is 16.2 Å². The molecule has 0 fully saturated rings. The van der Waals surface area contributed by atoms with Crippen molar-refractivity contribution in [2.24, 2.45) is 0 Å². The highest BCUT2D eigenvalue weighted by atomic mass is 19.1. The highest BCUT2D eigenvalue weighted by Gasteiger charge is 2.10. The van der Waals surface area contributed by atoms with Gasteiger partial charge in [-0.15, -0.1) is 0 Å². The topological polar surface area (TPSA) is 74.2 Å². The summed E-state index contributed by atoms with van der Waals surface area (Å²) in [7, 11) is 1.47. The van der Waals surface area contributed by atoms with Crippen LogP contribution in [0.25, 0.3) is 11.1 Å². The Morgan fingerprint density at radius 1 is 1.12 bits per heavy atom. The largest absolute Gasteiger partial charge is 0.496 e. The van der Waals surface area contributed by atoms with Crippen molar-refractivity contribution in [1.82, 2.24) is 4.98 Å². The van der Waals surface area contributed by atoms with Crippen LogP contribution in [0.15, 0.2) is 30.3 Å². The minimum atomic E-state index is -0.368. The predicted molar refractivity (Wildman–Crippen MR) is 65.0 cm³/mol. The summed E-state index contributed by atoms with van der Waals surface area (Å²) >= 11 is 0. The molecule has 1 heterocycles. The molecule has 4 nitrogen and oxygen atoms in total. The fourth-order valence-corrected chi connectivity index (χ4v) is 1.61. The first kappa shape index (κ1) is 11.2. The first-order valence-electron chi connectivity index (χ1n) is 4.97. The summed E-state index contributed by atoms with van der Waals surface area (Å²) in [6.07, 6.45) is 0. The SMILES string of the molecule is COc1cc(F)ccc1-c1ccc(N)nc1N. The van der Waals surface area contributed by atoms with E-state index in [-0.39, 0.29) is 11.6 Å². The average Bonchev–Trinajstić information content (AvgIpc) is 2.30. The van der Waals surface area contributed by atoms with Gasteiger partial charge in [-0.2, -0.15) is 0 Å². The van der Waals surface area contributed by atoms with Crippen molar-refractivity contribution in [3.8, 4) is 16.9 Å². The predicted octanol–water partition coefficient (Wildman–Crippen LogP) is 2.06. The van der Waals surface area contributed by atoms with Gasteiger partial charge < -0.3 is 16.2 Å². The molecule has 88 valence electrons. The molecule has 0 saturated heterocycles. The van der Waals surface area contributed by atoms with Crippen molar-refractivity contribution >= 4 is 11.6 Å². The Labute approximate surface area is 98.0 Å². The molecule has 1 aromatic heterocycles. The molecule has 2 aromatic rings. The molecule has 0 atom stereocenters. The Bertz CT molecular complexity index is 557. The maximum Gasteiger partial charge on any atom is 0.133 e. The molecule has 0 radical (unpaired) electrons. The lowest BCUT2D eigenvalue weighted by molar-refractivity contribution is 0.413. The van der Waals surface area contributed by atoms with E-state index in [2.05, 4.69) is 4.98 Å². The smallest absolute Gasteiger partial charge is 0.133 e. The van der Waals surface area contributed by atoms with Crippen LogP contribution in [-0.2, 0) is 0 Å². The van der Waals surface area contributed by atoms with Gasteiger partial charge in [-0.3, -0.25) is 0 Å². The number of rotatable bonds is 2. The van der Waals surface area contributed by atoms with Gasteiger partial charge in [0.1, 0.15) is 23.2 Å². The number of pyridine rings is 1. The number of hydrogen-bond acceptors (Lipinski definition) is 4. The first-order chi connectivity index (χ1) is 8.11. The van der Waals surface area contributed by atoms with E-state index in [9.17, 15) is 4.39 Å². The summed E-state index contributed by atoms with van der Waals surface area (Å²) in [6.45, 7) is 0. The van der Waals surface area contributed by atoms with Gasteiger partial charge in [0.05, 0.1) is 7.11 Å². The quantitative estimate of drug-likeness (QED) is 0.832. The number of anilines is 2. The molecule has 0 saturated carbocycles. The number of methoxy groups -OCH3 is 1. The average molecular weight is 233 g/mol. The van der Waals surface area contributed by atoms with Crippen molar-refractivity contribution in [2.75, 3.05) is 18.6 Å². The van der Waals surface area contributed by atoms with Gasteiger partial charge >= 0.3 is 0 Å². The second kappa shape index (κ2) is 4.29. The second-order valence-electron chi connectivity index (χ2n) is 3.51. The van der Waals surface area contributed by atoms with Gasteiger partial charge in [0.2, 0.25) is 0 Å². The normalized spacial score (nSPS) is 10.2. The molecular weight excluding hydrogens is 221 g/mol. The zero-order chi connectivity index (χ0) is 12.4. The molecule has 2 rings (SSSR count). The monoisotopic (exact) mass is 233 g/mol. The highest BCUT2D eigenvalue weighted by molar-refractivity contribution is 5.79. The van der Waals surface area contributed by atoms with Crippen molar-refractivity contribution in [3.63, 3.8) is 0 Å². The number of aromatic nitrogens is 1. The Hall–Kier alpha value is -2.30. The Kier molecular flexibility index (Phi) is 2.82. The second-order valence-corrected chi connectivity index (χ2v) is 3.51. The van der Waals surface area contributed by atoms with Gasteiger partial charge in [-0.05, 0) is 24.3 Å². The summed E-state index contributed by atoms with van der Waals surface area (Å²) in [5.41, 5.74) is 12.6. The van der Waals surface area contributed by atoms with E-state index in [1.165, 1.54) is 19.2 Å². The first-order valence-corrected chi connectivity index (χ1v) is 4.97. The summed E-state index contributed by atoms with van der Waals surface area (Å²) in [5.74, 6) is 0.665. The van der Waals surface area contributed by atoms with E-state index in [4.69, 9.17) is 16.2 Å². The molecule has 17 heavy (non-hydrogen) atoms. The van der Waals surface area contributed by atoms with E-state index in [0.717, 1.165) is 0 Å². The number of halogens is 1. The van der Waals surface area contributed by atoms with Crippen molar-refractivity contribution in [3.05, 3.63) is 36.1 Å². The number of nitrogens with zero attached hydrogens (tertiary/aromatic N) is 1. The number of nitrogens with two attached hydrogens (primary N) is 2. The number of nitrogen functional groups attached to an aromatic ring is 2. The molecule has 5 heteroatoms. The van der Waals surface area contributed by atoms with E-state index < -0.39 is 0 Å². The summed E-state index contributed by atoms with van der Waals surface area (Å²) in [6, 6.07) is 7.60. The van der Waals surface area contributed by atoms with Crippen LogP contribution in [0.3, 0.4) is 0 Å². The van der Waals surface area contributed by atoms with Crippen LogP contribution >= 0.6 is 0 Å². The van der Waals surface area contributed by atoms with Gasteiger partial charge in [0.15, 0.2) is 0 Å². The van der Waals surface area contributed by atoms with Crippen LogP contribution in [0.1, 0.15) is 0 Å². The lowest BCUT2D eigenvalue weighted by Crippen LogP contribution is -1.99. The fraction of sp³-hybridized carbons (Fsp3) is 0.0833. The van der Waals surface area contributed by atoms with Gasteiger partial charge in [0.25, 0.3) is 0 Å². The molecule has 0 bridgehead atoms. The third-order valence-corrected chi connectivity index (χ3v) is 2.40. The van der Waals surface area contributed by atoms with Crippen molar-refractivity contribution in [1.29, 1.82) is 0 Å². The lowest BCUT2D eigenvalue weighted by atomic mass is 10.1. The van der Waals surface area contributed by atoms with Crippen LogP contribution in [0.4, 0.5) is 16.0 Å². The zero-order valence-electron chi connectivity index (χ0n) is 9.27. The zero-order valence-corrected chi connectivity index (χ0v) is 9.27. The maximum absolute atomic E-state index is 13.1. The molecule has 0 spiro atoms. The summed E-state index contributed by atoms with van der Waals surface area (Å²) < 4.78 is 18.2. The van der Waals surface area contributed by atoms with Crippen molar-refractivity contribution < 1.29 is 9.13 Å². The van der Waals surface area contributed by atoms with Crippen LogP contribution in [-0.4, -0.2) is 12.1 Å². The van der Waals surface area contributed by atoms with Gasteiger partial charge in [-0.25, -0.2) is 9.37 Å². The molecule has 0 aliphatic rings. The molecule has 1 aromatic carbocycles. The minimum absolute atomic E-state index is 0.287. The summed E-state index contributed by atoms with van der Waals surface area (Å²) in [5, 5.41) is 0. The van der Waals surface area contributed by atoms with Crippen LogP contribution in [0, 0.1) is 5.82 Å². The third kappa shape index (κ3) is 2.13. The summed E-state index contributed by atoms with van der Waals surface area (Å²) in [4.78, 5) is 3.95. The number of benzene rings is 1. The maximum atomic E-state index is 13.1. The molecular formula is C12H12FN3O.